The summed E-state index contributed by atoms with van der Waals surface area (Å²) in [6.45, 7) is 0. The van der Waals surface area contributed by atoms with E-state index in [1.807, 2.05) is 0 Å². The number of carbonyl (C=O) groups excluding carboxylic acids is 2. The molecule has 6 nitrogen and oxygen atoms in total. The SMILES string of the molecule is O=C1C=CC(=O)c2[nH]c(=O)c(C(=O)O)cc21. The van der Waals surface area contributed by atoms with Gasteiger partial charge in [0.1, 0.15) is 11.3 Å². The van der Waals surface area contributed by atoms with Crippen LogP contribution in [0.3, 0.4) is 0 Å². The van der Waals surface area contributed by atoms with Gasteiger partial charge in [0.15, 0.2) is 5.78 Å². The summed E-state index contributed by atoms with van der Waals surface area (Å²) in [4.78, 5) is 46.7. The lowest BCUT2D eigenvalue weighted by Crippen LogP contribution is -2.25. The summed E-state index contributed by atoms with van der Waals surface area (Å²) in [6, 6.07) is 0.917. The first-order chi connectivity index (χ1) is 7.50. The monoisotopic (exact) mass is 219 g/mol. The Morgan fingerprint density at radius 1 is 1.12 bits per heavy atom. The quantitative estimate of drug-likeness (QED) is 0.692. The Morgan fingerprint density at radius 3 is 2.38 bits per heavy atom. The zero-order chi connectivity index (χ0) is 11.9. The van der Waals surface area contributed by atoms with Crippen molar-refractivity contribution in [2.75, 3.05) is 0 Å². The second-order valence-corrected chi connectivity index (χ2v) is 3.17. The molecule has 0 aromatic carbocycles. The molecule has 1 aliphatic carbocycles. The molecular weight excluding hydrogens is 214 g/mol. The van der Waals surface area contributed by atoms with Crippen molar-refractivity contribution in [3.63, 3.8) is 0 Å². The average Bonchev–Trinajstić information content (AvgIpc) is 2.23. The third-order valence-electron chi connectivity index (χ3n) is 2.17. The zero-order valence-electron chi connectivity index (χ0n) is 7.81. The number of ketones is 2. The number of pyridine rings is 1. The number of carboxylic acids is 1. The number of allylic oxidation sites excluding steroid dienone is 2. The summed E-state index contributed by atoms with van der Waals surface area (Å²) >= 11 is 0. The van der Waals surface area contributed by atoms with Gasteiger partial charge in [0.05, 0.1) is 5.56 Å². The van der Waals surface area contributed by atoms with Crippen LogP contribution in [0, 0.1) is 0 Å². The van der Waals surface area contributed by atoms with Crippen molar-refractivity contribution in [2.24, 2.45) is 0 Å². The third-order valence-corrected chi connectivity index (χ3v) is 2.17. The molecule has 0 bridgehead atoms. The lowest BCUT2D eigenvalue weighted by Gasteiger charge is -2.08. The van der Waals surface area contributed by atoms with Crippen LogP contribution in [-0.4, -0.2) is 27.6 Å². The van der Waals surface area contributed by atoms with Crippen LogP contribution in [0.25, 0.3) is 0 Å². The highest BCUT2D eigenvalue weighted by Gasteiger charge is 2.23. The fourth-order valence-corrected chi connectivity index (χ4v) is 1.40. The van der Waals surface area contributed by atoms with E-state index in [-0.39, 0.29) is 11.3 Å². The van der Waals surface area contributed by atoms with Gasteiger partial charge in [-0.1, -0.05) is 0 Å². The van der Waals surface area contributed by atoms with Crippen molar-refractivity contribution in [3.05, 3.63) is 45.4 Å². The van der Waals surface area contributed by atoms with Gasteiger partial charge in [0.25, 0.3) is 5.56 Å². The van der Waals surface area contributed by atoms with Crippen LogP contribution in [0.4, 0.5) is 0 Å². The molecule has 2 rings (SSSR count). The van der Waals surface area contributed by atoms with Crippen molar-refractivity contribution in [1.82, 2.24) is 4.98 Å². The molecule has 16 heavy (non-hydrogen) atoms. The number of rotatable bonds is 1. The predicted octanol–water partition coefficient (Wildman–Crippen LogP) is 0.00830. The highest BCUT2D eigenvalue weighted by Crippen LogP contribution is 2.13. The topological polar surface area (TPSA) is 104 Å². The molecule has 1 heterocycles. The lowest BCUT2D eigenvalue weighted by atomic mass is 9.98. The van der Waals surface area contributed by atoms with E-state index in [9.17, 15) is 19.2 Å². The normalized spacial score (nSPS) is 13.8. The first-order valence-corrected chi connectivity index (χ1v) is 4.28. The van der Waals surface area contributed by atoms with Gasteiger partial charge >= 0.3 is 5.97 Å². The molecule has 0 fully saturated rings. The van der Waals surface area contributed by atoms with Gasteiger partial charge in [0, 0.05) is 0 Å². The molecule has 6 heteroatoms. The largest absolute Gasteiger partial charge is 0.477 e. The number of H-pyrrole nitrogens is 1. The highest BCUT2D eigenvalue weighted by atomic mass is 16.4. The maximum atomic E-state index is 11.4. The maximum absolute atomic E-state index is 11.4. The molecule has 0 atom stereocenters. The Bertz CT molecular complexity index is 608. The van der Waals surface area contributed by atoms with Crippen molar-refractivity contribution >= 4 is 17.5 Å². The summed E-state index contributed by atoms with van der Waals surface area (Å²) in [5.41, 5.74) is -1.72. The Morgan fingerprint density at radius 2 is 1.75 bits per heavy atom. The summed E-state index contributed by atoms with van der Waals surface area (Å²) in [7, 11) is 0. The number of hydrogen-bond donors (Lipinski definition) is 2. The molecule has 0 unspecified atom stereocenters. The maximum Gasteiger partial charge on any atom is 0.341 e. The van der Waals surface area contributed by atoms with Crippen molar-refractivity contribution < 1.29 is 19.5 Å². The molecule has 0 aliphatic heterocycles. The minimum atomic E-state index is -1.45. The van der Waals surface area contributed by atoms with E-state index in [0.29, 0.717) is 0 Å². The number of fused-ring (bicyclic) bond motifs is 1. The number of nitrogens with one attached hydrogen (secondary N) is 1. The Labute approximate surface area is 88.2 Å². The van der Waals surface area contributed by atoms with Crippen LogP contribution >= 0.6 is 0 Å². The zero-order valence-corrected chi connectivity index (χ0v) is 7.81. The molecule has 1 aliphatic rings. The van der Waals surface area contributed by atoms with E-state index in [0.717, 1.165) is 18.2 Å². The average molecular weight is 219 g/mol. The molecule has 0 amide bonds. The minimum absolute atomic E-state index is 0.0931. The van der Waals surface area contributed by atoms with Crippen LogP contribution in [0.15, 0.2) is 23.0 Å². The van der Waals surface area contributed by atoms with E-state index in [4.69, 9.17) is 5.11 Å². The second kappa shape index (κ2) is 3.27. The van der Waals surface area contributed by atoms with Crippen LogP contribution in [0.2, 0.25) is 0 Å². The van der Waals surface area contributed by atoms with Gasteiger partial charge in [-0.3, -0.25) is 14.4 Å². The molecule has 0 radical (unpaired) electrons. The Kier molecular flexibility index (Phi) is 2.05. The minimum Gasteiger partial charge on any atom is -0.477 e. The number of aromatic nitrogens is 1. The van der Waals surface area contributed by atoms with E-state index < -0.39 is 28.7 Å². The number of carbonyl (C=O) groups is 3. The van der Waals surface area contributed by atoms with Gasteiger partial charge in [0.2, 0.25) is 5.78 Å². The van der Waals surface area contributed by atoms with Crippen LogP contribution < -0.4 is 5.56 Å². The molecule has 0 spiro atoms. The molecule has 1 aromatic rings. The summed E-state index contributed by atoms with van der Waals surface area (Å²) in [5.74, 6) is -2.48. The lowest BCUT2D eigenvalue weighted by molar-refractivity contribution is 0.0694. The molecular formula is C10H5NO5. The van der Waals surface area contributed by atoms with E-state index >= 15 is 0 Å². The second-order valence-electron chi connectivity index (χ2n) is 3.17. The van der Waals surface area contributed by atoms with Gasteiger partial charge in [-0.05, 0) is 18.2 Å². The highest BCUT2D eigenvalue weighted by molar-refractivity contribution is 6.21. The summed E-state index contributed by atoms with van der Waals surface area (Å²) in [5, 5.41) is 8.69. The van der Waals surface area contributed by atoms with Crippen LogP contribution in [-0.2, 0) is 0 Å². The van der Waals surface area contributed by atoms with Gasteiger partial charge in [-0.15, -0.1) is 0 Å². The smallest absolute Gasteiger partial charge is 0.341 e. The first kappa shape index (κ1) is 10.0. The van der Waals surface area contributed by atoms with Gasteiger partial charge < -0.3 is 10.1 Å². The summed E-state index contributed by atoms with van der Waals surface area (Å²) in [6.07, 6.45) is 2.07. The molecule has 2 N–H and O–H groups in total. The molecule has 80 valence electrons. The molecule has 0 saturated carbocycles. The van der Waals surface area contributed by atoms with E-state index in [1.54, 1.807) is 0 Å². The van der Waals surface area contributed by atoms with E-state index in [1.165, 1.54) is 0 Å². The third kappa shape index (κ3) is 1.36. The van der Waals surface area contributed by atoms with Crippen LogP contribution in [0.1, 0.15) is 31.2 Å². The van der Waals surface area contributed by atoms with E-state index in [2.05, 4.69) is 4.98 Å². The van der Waals surface area contributed by atoms with Crippen molar-refractivity contribution in [2.45, 2.75) is 0 Å². The van der Waals surface area contributed by atoms with Crippen LogP contribution in [0.5, 0.6) is 0 Å². The number of carboxylic acid groups (broad SMARTS) is 1. The van der Waals surface area contributed by atoms with Crippen molar-refractivity contribution in [3.8, 4) is 0 Å². The predicted molar refractivity (Wildman–Crippen MR) is 51.8 cm³/mol. The van der Waals surface area contributed by atoms with Gasteiger partial charge in [-0.2, -0.15) is 0 Å². The number of aromatic amines is 1. The standard InChI is InChI=1S/C10H5NO5/c12-6-1-2-7(13)8-4(6)3-5(10(15)16)9(14)11-8/h1-3H,(H,11,14)(H,15,16). The first-order valence-electron chi connectivity index (χ1n) is 4.28. The number of hydrogen-bond acceptors (Lipinski definition) is 4. The number of aromatic carboxylic acids is 1. The molecule has 1 aromatic heterocycles. The Hall–Kier alpha value is -2.50. The fourth-order valence-electron chi connectivity index (χ4n) is 1.40. The fraction of sp³-hybridized carbons (Fsp3) is 0. The summed E-state index contributed by atoms with van der Waals surface area (Å²) < 4.78 is 0. The van der Waals surface area contributed by atoms with Gasteiger partial charge in [-0.25, -0.2) is 4.79 Å². The van der Waals surface area contributed by atoms with Crippen molar-refractivity contribution in [1.29, 1.82) is 0 Å². The molecule has 0 saturated heterocycles. The Balaban J connectivity index is 2.77.